The van der Waals surface area contributed by atoms with Gasteiger partial charge in [0.25, 0.3) is 0 Å². The first-order valence-corrected chi connectivity index (χ1v) is 10.3. The van der Waals surface area contributed by atoms with Gasteiger partial charge in [0.05, 0.1) is 10.0 Å². The third-order valence-corrected chi connectivity index (χ3v) is 6.12. The number of benzene rings is 2. The molecule has 0 radical (unpaired) electrons. The van der Waals surface area contributed by atoms with E-state index in [0.29, 0.717) is 5.56 Å². The Morgan fingerprint density at radius 2 is 1.73 bits per heavy atom. The molecule has 2 aromatic carbocycles. The fourth-order valence-corrected chi connectivity index (χ4v) is 4.11. The van der Waals surface area contributed by atoms with Crippen molar-refractivity contribution < 1.29 is 32.3 Å². The lowest BCUT2D eigenvalue weighted by molar-refractivity contribution is -0.288. The fraction of sp³-hybridized carbons (Fsp3) is 0.182. The molecule has 33 heavy (non-hydrogen) atoms. The van der Waals surface area contributed by atoms with Crippen LogP contribution in [-0.4, -0.2) is 28.8 Å². The first kappa shape index (κ1) is 23.2. The van der Waals surface area contributed by atoms with Gasteiger partial charge in [0.15, 0.2) is 5.78 Å². The Labute approximate surface area is 195 Å². The maximum atomic E-state index is 14.0. The molecular formula is C22H15Cl2F3N2O4. The number of furan rings is 1. The Morgan fingerprint density at radius 3 is 2.39 bits per heavy atom. The van der Waals surface area contributed by atoms with Crippen molar-refractivity contribution >= 4 is 35.0 Å². The molecule has 0 aliphatic carbocycles. The minimum Gasteiger partial charge on any atom is -0.459 e. The molecular weight excluding hydrogens is 484 g/mol. The largest absolute Gasteiger partial charge is 0.459 e. The van der Waals surface area contributed by atoms with Gasteiger partial charge in [-0.1, -0.05) is 59.6 Å². The van der Waals surface area contributed by atoms with Gasteiger partial charge in [0.1, 0.15) is 23.5 Å². The monoisotopic (exact) mass is 498 g/mol. The number of hydrogen-bond acceptors (Lipinski definition) is 4. The predicted octanol–water partition coefficient (Wildman–Crippen LogP) is 5.36. The van der Waals surface area contributed by atoms with E-state index in [1.807, 2.05) is 0 Å². The van der Waals surface area contributed by atoms with Crippen molar-refractivity contribution in [2.75, 3.05) is 0 Å². The van der Waals surface area contributed by atoms with E-state index >= 15 is 0 Å². The molecule has 0 bridgehead atoms. The number of carbonyl (C=O) groups is 2. The van der Waals surface area contributed by atoms with E-state index < -0.39 is 35.7 Å². The van der Waals surface area contributed by atoms with Crippen LogP contribution in [0.4, 0.5) is 18.0 Å². The fourth-order valence-electron chi connectivity index (χ4n) is 3.72. The maximum absolute atomic E-state index is 14.0. The zero-order valence-corrected chi connectivity index (χ0v) is 18.0. The van der Waals surface area contributed by atoms with Crippen LogP contribution in [0.25, 0.3) is 11.3 Å². The van der Waals surface area contributed by atoms with Crippen LogP contribution < -0.4 is 10.6 Å². The number of nitrogens with one attached hydrogen (secondary N) is 2. The van der Waals surface area contributed by atoms with Gasteiger partial charge in [-0.15, -0.1) is 0 Å². The Hall–Kier alpha value is -3.01. The number of hydrogen-bond donors (Lipinski definition) is 3. The third-order valence-electron chi connectivity index (χ3n) is 5.30. The van der Waals surface area contributed by atoms with Gasteiger partial charge >= 0.3 is 12.2 Å². The molecule has 3 N–H and O–H groups in total. The van der Waals surface area contributed by atoms with Crippen molar-refractivity contribution in [1.82, 2.24) is 10.6 Å². The van der Waals surface area contributed by atoms with E-state index in [1.54, 1.807) is 24.3 Å². The van der Waals surface area contributed by atoms with E-state index in [1.165, 1.54) is 41.7 Å². The average molecular weight is 499 g/mol. The van der Waals surface area contributed by atoms with Gasteiger partial charge in [-0.3, -0.25) is 4.79 Å². The average Bonchev–Trinajstić information content (AvgIpc) is 3.24. The highest BCUT2D eigenvalue weighted by molar-refractivity contribution is 6.43. The van der Waals surface area contributed by atoms with Crippen LogP contribution in [0.1, 0.15) is 22.2 Å². The minimum atomic E-state index is -5.37. The van der Waals surface area contributed by atoms with Crippen LogP contribution in [0.3, 0.4) is 0 Å². The lowest BCUT2D eigenvalue weighted by atomic mass is 9.79. The molecule has 1 saturated heterocycles. The maximum Gasteiger partial charge on any atom is 0.437 e. The number of urea groups is 1. The Balaban J connectivity index is 1.83. The van der Waals surface area contributed by atoms with Gasteiger partial charge in [-0.25, -0.2) is 4.79 Å². The van der Waals surface area contributed by atoms with E-state index in [-0.39, 0.29) is 27.1 Å². The van der Waals surface area contributed by atoms with Crippen molar-refractivity contribution in [1.29, 1.82) is 0 Å². The summed E-state index contributed by atoms with van der Waals surface area (Å²) in [5.74, 6) is -3.29. The van der Waals surface area contributed by atoms with Crippen LogP contribution in [0.5, 0.6) is 0 Å². The zero-order valence-electron chi connectivity index (χ0n) is 16.5. The lowest BCUT2D eigenvalue weighted by Crippen LogP contribution is -2.72. The second-order valence-corrected chi connectivity index (χ2v) is 8.14. The first-order chi connectivity index (χ1) is 15.5. The summed E-state index contributed by atoms with van der Waals surface area (Å²) in [4.78, 5) is 25.3. The number of aliphatic hydroxyl groups is 1. The van der Waals surface area contributed by atoms with Crippen LogP contribution in [0, 0.1) is 5.92 Å². The summed E-state index contributed by atoms with van der Waals surface area (Å²) in [6, 6.07) is 11.6. The molecule has 1 aromatic heterocycles. The summed E-state index contributed by atoms with van der Waals surface area (Å²) in [6.45, 7) is 0. The van der Waals surface area contributed by atoms with Crippen molar-refractivity contribution in [3.63, 3.8) is 0 Å². The van der Waals surface area contributed by atoms with E-state index in [2.05, 4.69) is 5.32 Å². The number of alkyl halides is 3. The molecule has 1 aliphatic heterocycles. The molecule has 0 spiro atoms. The summed E-state index contributed by atoms with van der Waals surface area (Å²) in [6.07, 6.45) is -5.37. The minimum absolute atomic E-state index is 0.0854. The second kappa shape index (κ2) is 8.40. The molecule has 0 saturated carbocycles. The SMILES string of the molecule is O=C1N[C@H](c2ccc(-c3cccc(Cl)c3Cl)o2)[C@H](C(=O)c2ccccc2)[C@](O)(C(F)(F)F)N1. The van der Waals surface area contributed by atoms with E-state index in [0.717, 1.165) is 0 Å². The van der Waals surface area contributed by atoms with Crippen LogP contribution in [0.15, 0.2) is 65.1 Å². The molecule has 4 rings (SSSR count). The highest BCUT2D eigenvalue weighted by Gasteiger charge is 2.66. The molecule has 2 heterocycles. The molecule has 11 heteroatoms. The van der Waals surface area contributed by atoms with Crippen molar-refractivity contribution in [3.8, 4) is 11.3 Å². The van der Waals surface area contributed by atoms with Crippen molar-refractivity contribution in [2.45, 2.75) is 17.9 Å². The number of halogens is 5. The zero-order chi connectivity index (χ0) is 24.0. The summed E-state index contributed by atoms with van der Waals surface area (Å²) < 4.78 is 47.6. The highest BCUT2D eigenvalue weighted by Crippen LogP contribution is 2.45. The van der Waals surface area contributed by atoms with Crippen molar-refractivity contribution in [2.24, 2.45) is 5.92 Å². The summed E-state index contributed by atoms with van der Waals surface area (Å²) in [5, 5.41) is 14.7. The Kier molecular flexibility index (Phi) is 5.90. The Bertz CT molecular complexity index is 1220. The third kappa shape index (κ3) is 4.07. The number of carbonyl (C=O) groups excluding carboxylic acids is 2. The Morgan fingerprint density at radius 1 is 1.03 bits per heavy atom. The van der Waals surface area contributed by atoms with Crippen LogP contribution in [-0.2, 0) is 0 Å². The second-order valence-electron chi connectivity index (χ2n) is 7.35. The molecule has 172 valence electrons. The molecule has 1 fully saturated rings. The molecule has 2 amide bonds. The molecule has 3 atom stereocenters. The smallest absolute Gasteiger partial charge is 0.437 e. The normalized spacial score (nSPS) is 23.0. The number of amides is 2. The van der Waals surface area contributed by atoms with E-state index in [9.17, 15) is 27.9 Å². The molecule has 3 aromatic rings. The predicted molar refractivity (Wildman–Crippen MR) is 114 cm³/mol. The van der Waals surface area contributed by atoms with Gasteiger partial charge < -0.3 is 20.2 Å². The molecule has 0 unspecified atom stereocenters. The van der Waals surface area contributed by atoms with Gasteiger partial charge in [-0.2, -0.15) is 13.2 Å². The highest BCUT2D eigenvalue weighted by atomic mass is 35.5. The van der Waals surface area contributed by atoms with Gasteiger partial charge in [0.2, 0.25) is 5.72 Å². The van der Waals surface area contributed by atoms with Crippen LogP contribution >= 0.6 is 23.2 Å². The summed E-state index contributed by atoms with van der Waals surface area (Å²) in [7, 11) is 0. The number of rotatable bonds is 4. The number of Topliss-reactive ketones (excluding diaryl/α,β-unsaturated/α-hetero) is 1. The number of ketones is 1. The van der Waals surface area contributed by atoms with E-state index in [4.69, 9.17) is 27.6 Å². The summed E-state index contributed by atoms with van der Waals surface area (Å²) >= 11 is 12.2. The quantitative estimate of drug-likeness (QED) is 0.422. The summed E-state index contributed by atoms with van der Waals surface area (Å²) in [5.41, 5.74) is -3.58. The van der Waals surface area contributed by atoms with Gasteiger partial charge in [0, 0.05) is 11.1 Å². The molecule has 6 nitrogen and oxygen atoms in total. The van der Waals surface area contributed by atoms with Gasteiger partial charge in [-0.05, 0) is 24.3 Å². The van der Waals surface area contributed by atoms with Crippen molar-refractivity contribution in [3.05, 3.63) is 82.0 Å². The standard InChI is InChI=1S/C22H15Cl2F3N2O4/c23-13-8-4-7-12(17(13)24)14-9-10-15(33-14)18-16(19(30)11-5-2-1-3-6-11)21(32,22(25,26)27)29-20(31)28-18/h1-10,16,18,32H,(H2,28,29,31)/t16-,18-,21+/m1/s1. The topological polar surface area (TPSA) is 91.6 Å². The first-order valence-electron chi connectivity index (χ1n) is 9.54. The van der Waals surface area contributed by atoms with Crippen LogP contribution in [0.2, 0.25) is 10.0 Å². The molecule has 1 aliphatic rings. The lowest BCUT2D eigenvalue weighted by Gasteiger charge is -2.44.